The topological polar surface area (TPSA) is 26.3 Å². The molecule has 1 rings (SSSR count). The molecule has 1 aromatic rings. The molecule has 1 aromatic carbocycles. The maximum absolute atomic E-state index is 11.0. The largest absolute Gasteiger partial charge is 0.468 e. The highest BCUT2D eigenvalue weighted by atomic mass is 35.5. The molecule has 0 heterocycles. The average molecular weight is 219 g/mol. The molecule has 0 saturated carbocycles. The highest BCUT2D eigenvalue weighted by Crippen LogP contribution is 2.23. The monoisotopic (exact) mass is 218 g/mol. The van der Waals surface area contributed by atoms with Crippen molar-refractivity contribution in [3.63, 3.8) is 0 Å². The molecule has 0 amide bonds. The van der Waals surface area contributed by atoms with Crippen LogP contribution in [0.25, 0.3) is 0 Å². The Hall–Kier alpha value is -0.730. The lowest BCUT2D eigenvalue weighted by Crippen LogP contribution is -2.08. The molecule has 0 aliphatic rings. The number of halogens is 2. The van der Waals surface area contributed by atoms with Gasteiger partial charge in [0.05, 0.1) is 7.11 Å². The SMILES string of the molecule is COC(=O)C(Cl)c1cccc(Cl)c1. The Balaban J connectivity index is 2.88. The first kappa shape index (κ1) is 10.4. The Morgan fingerprint density at radius 2 is 2.23 bits per heavy atom. The zero-order valence-corrected chi connectivity index (χ0v) is 8.47. The van der Waals surface area contributed by atoms with Gasteiger partial charge in [0.2, 0.25) is 0 Å². The quantitative estimate of drug-likeness (QED) is 0.564. The van der Waals surface area contributed by atoms with Crippen LogP contribution in [0.1, 0.15) is 10.9 Å². The Bertz CT molecular complexity index is 312. The van der Waals surface area contributed by atoms with Crippen LogP contribution in [0.3, 0.4) is 0 Å². The number of hydrogen-bond acceptors (Lipinski definition) is 2. The summed E-state index contributed by atoms with van der Waals surface area (Å²) in [5.74, 6) is -0.482. The van der Waals surface area contributed by atoms with Crippen molar-refractivity contribution in [3.8, 4) is 0 Å². The summed E-state index contributed by atoms with van der Waals surface area (Å²) in [4.78, 5) is 11.0. The summed E-state index contributed by atoms with van der Waals surface area (Å²) in [5.41, 5.74) is 0.640. The van der Waals surface area contributed by atoms with Crippen molar-refractivity contribution < 1.29 is 9.53 Å². The van der Waals surface area contributed by atoms with Gasteiger partial charge in [-0.2, -0.15) is 0 Å². The maximum Gasteiger partial charge on any atom is 0.328 e. The number of carbonyl (C=O) groups is 1. The first-order valence-electron chi connectivity index (χ1n) is 3.62. The third-order valence-corrected chi connectivity index (χ3v) is 2.21. The summed E-state index contributed by atoms with van der Waals surface area (Å²) in [7, 11) is 1.29. The molecule has 1 unspecified atom stereocenters. The van der Waals surface area contributed by atoms with Crippen molar-refractivity contribution in [2.45, 2.75) is 5.38 Å². The molecule has 4 heteroatoms. The van der Waals surface area contributed by atoms with E-state index in [2.05, 4.69) is 4.74 Å². The van der Waals surface area contributed by atoms with Crippen LogP contribution in [0.2, 0.25) is 5.02 Å². The van der Waals surface area contributed by atoms with Crippen LogP contribution in [-0.4, -0.2) is 13.1 Å². The second kappa shape index (κ2) is 4.49. The molecule has 0 aliphatic heterocycles. The van der Waals surface area contributed by atoms with Gasteiger partial charge in [-0.1, -0.05) is 23.7 Å². The lowest BCUT2D eigenvalue weighted by atomic mass is 10.1. The number of carbonyl (C=O) groups excluding carboxylic acids is 1. The molecule has 70 valence electrons. The minimum atomic E-state index is -0.788. The highest BCUT2D eigenvalue weighted by Gasteiger charge is 2.17. The number of benzene rings is 1. The molecule has 13 heavy (non-hydrogen) atoms. The predicted octanol–water partition coefficient (Wildman–Crippen LogP) is 2.79. The van der Waals surface area contributed by atoms with E-state index in [4.69, 9.17) is 23.2 Å². The number of rotatable bonds is 2. The molecule has 0 N–H and O–H groups in total. The van der Waals surface area contributed by atoms with Crippen LogP contribution in [0.5, 0.6) is 0 Å². The van der Waals surface area contributed by atoms with Crippen molar-refractivity contribution in [2.75, 3.05) is 7.11 Å². The van der Waals surface area contributed by atoms with Crippen LogP contribution >= 0.6 is 23.2 Å². The van der Waals surface area contributed by atoms with Crippen molar-refractivity contribution in [1.29, 1.82) is 0 Å². The summed E-state index contributed by atoms with van der Waals surface area (Å²) in [6, 6.07) is 6.80. The fraction of sp³-hybridized carbons (Fsp3) is 0.222. The van der Waals surface area contributed by atoms with Crippen LogP contribution in [0, 0.1) is 0 Å². The molecule has 1 atom stereocenters. The number of ether oxygens (including phenoxy) is 1. The van der Waals surface area contributed by atoms with Crippen molar-refractivity contribution >= 4 is 29.2 Å². The second-order valence-corrected chi connectivity index (χ2v) is 3.31. The molecule has 0 aliphatic carbocycles. The van der Waals surface area contributed by atoms with Gasteiger partial charge in [-0.05, 0) is 17.7 Å². The minimum absolute atomic E-state index is 0.482. The van der Waals surface area contributed by atoms with E-state index in [0.29, 0.717) is 10.6 Å². The average Bonchev–Trinajstić information content (AvgIpc) is 2.15. The molecular formula is C9H8Cl2O2. The second-order valence-electron chi connectivity index (χ2n) is 2.44. The van der Waals surface area contributed by atoms with Crippen LogP contribution in [-0.2, 0) is 9.53 Å². The van der Waals surface area contributed by atoms with Crippen molar-refractivity contribution in [3.05, 3.63) is 34.9 Å². The smallest absolute Gasteiger partial charge is 0.328 e. The van der Waals surface area contributed by atoms with Gasteiger partial charge in [-0.3, -0.25) is 4.79 Å². The van der Waals surface area contributed by atoms with Gasteiger partial charge in [0.1, 0.15) is 0 Å². The Kier molecular flexibility index (Phi) is 3.58. The van der Waals surface area contributed by atoms with E-state index < -0.39 is 11.3 Å². The van der Waals surface area contributed by atoms with E-state index in [0.717, 1.165) is 0 Å². The van der Waals surface area contributed by atoms with Gasteiger partial charge in [-0.25, -0.2) is 0 Å². The van der Waals surface area contributed by atoms with Gasteiger partial charge in [0.25, 0.3) is 0 Å². The standard InChI is InChI=1S/C9H8Cl2O2/c1-13-9(12)8(11)6-3-2-4-7(10)5-6/h2-5,8H,1H3. The van der Waals surface area contributed by atoms with Crippen molar-refractivity contribution in [2.24, 2.45) is 0 Å². The van der Waals surface area contributed by atoms with E-state index in [1.807, 2.05) is 0 Å². The van der Waals surface area contributed by atoms with Gasteiger partial charge in [-0.15, -0.1) is 11.6 Å². The first-order valence-corrected chi connectivity index (χ1v) is 4.44. The van der Waals surface area contributed by atoms with Crippen LogP contribution in [0.15, 0.2) is 24.3 Å². The minimum Gasteiger partial charge on any atom is -0.468 e. The fourth-order valence-corrected chi connectivity index (χ4v) is 1.33. The van der Waals surface area contributed by atoms with Crippen LogP contribution in [0.4, 0.5) is 0 Å². The molecule has 0 fully saturated rings. The molecule has 0 bridgehead atoms. The van der Waals surface area contributed by atoms with Crippen molar-refractivity contribution in [1.82, 2.24) is 0 Å². The lowest BCUT2D eigenvalue weighted by molar-refractivity contribution is -0.140. The zero-order chi connectivity index (χ0) is 9.84. The summed E-state index contributed by atoms with van der Waals surface area (Å²) >= 11 is 11.5. The molecule has 0 radical (unpaired) electrons. The number of methoxy groups -OCH3 is 1. The summed E-state index contributed by atoms with van der Waals surface area (Å²) in [5, 5.41) is -0.240. The van der Waals surface area contributed by atoms with Gasteiger partial charge in [0, 0.05) is 5.02 Å². The van der Waals surface area contributed by atoms with E-state index in [1.54, 1.807) is 24.3 Å². The third-order valence-electron chi connectivity index (χ3n) is 1.55. The van der Waals surface area contributed by atoms with E-state index >= 15 is 0 Å². The van der Waals surface area contributed by atoms with Gasteiger partial charge in [0.15, 0.2) is 5.38 Å². The molecule has 2 nitrogen and oxygen atoms in total. The summed E-state index contributed by atoms with van der Waals surface area (Å²) in [6.45, 7) is 0. The highest BCUT2D eigenvalue weighted by molar-refractivity contribution is 6.32. The maximum atomic E-state index is 11.0. The van der Waals surface area contributed by atoms with Gasteiger partial charge >= 0.3 is 5.97 Å². The molecular weight excluding hydrogens is 211 g/mol. The van der Waals surface area contributed by atoms with Gasteiger partial charge < -0.3 is 4.74 Å². The molecule has 0 spiro atoms. The third kappa shape index (κ3) is 2.61. The Morgan fingerprint density at radius 1 is 1.54 bits per heavy atom. The van der Waals surface area contributed by atoms with Crippen LogP contribution < -0.4 is 0 Å². The Labute approximate surface area is 86.4 Å². The predicted molar refractivity (Wildman–Crippen MR) is 52.1 cm³/mol. The normalized spacial score (nSPS) is 12.2. The summed E-state index contributed by atoms with van der Waals surface area (Å²) in [6.07, 6.45) is 0. The molecule has 0 saturated heterocycles. The fourth-order valence-electron chi connectivity index (χ4n) is 0.904. The van der Waals surface area contributed by atoms with E-state index in [1.165, 1.54) is 7.11 Å². The van der Waals surface area contributed by atoms with E-state index in [9.17, 15) is 4.79 Å². The van der Waals surface area contributed by atoms with E-state index in [-0.39, 0.29) is 0 Å². The first-order chi connectivity index (χ1) is 6.15. The molecule has 0 aromatic heterocycles. The lowest BCUT2D eigenvalue weighted by Gasteiger charge is -2.06. The summed E-state index contributed by atoms with van der Waals surface area (Å²) < 4.78 is 4.49. The number of alkyl halides is 1. The number of hydrogen-bond donors (Lipinski definition) is 0. The zero-order valence-electron chi connectivity index (χ0n) is 6.96. The number of esters is 1. The Morgan fingerprint density at radius 3 is 2.77 bits per heavy atom.